The summed E-state index contributed by atoms with van der Waals surface area (Å²) < 4.78 is 28.1. The number of halogens is 2. The molecule has 110 valence electrons. The topological polar surface area (TPSA) is 34.0 Å². The molecule has 0 bridgehead atoms. The van der Waals surface area contributed by atoms with Crippen molar-refractivity contribution in [3.63, 3.8) is 0 Å². The molecule has 0 aliphatic heterocycles. The van der Waals surface area contributed by atoms with Crippen LogP contribution >= 0.6 is 0 Å². The summed E-state index contributed by atoms with van der Waals surface area (Å²) in [5.41, 5.74) is 1.76. The van der Waals surface area contributed by atoms with Crippen molar-refractivity contribution in [3.05, 3.63) is 63.6 Å². The molecule has 3 nitrogen and oxygen atoms in total. The lowest BCUT2D eigenvalue weighted by Gasteiger charge is -2.13. The minimum Gasteiger partial charge on any atom is -0.320 e. The minimum atomic E-state index is -0.900. The standard InChI is InChI=1S/C16H16F2N2O/c1-10-6-16(21)11(8-19-12-2-3-12)9-20(10)13-4-5-14(17)15(18)7-13/h4-7,9,12,19H,2-3,8H2,1H3. The Hall–Kier alpha value is -2.01. The van der Waals surface area contributed by atoms with E-state index in [9.17, 15) is 13.6 Å². The lowest BCUT2D eigenvalue weighted by molar-refractivity contribution is 0.508. The highest BCUT2D eigenvalue weighted by molar-refractivity contribution is 5.36. The van der Waals surface area contributed by atoms with Crippen LogP contribution in [0.3, 0.4) is 0 Å². The van der Waals surface area contributed by atoms with Gasteiger partial charge in [-0.3, -0.25) is 4.79 Å². The van der Waals surface area contributed by atoms with Crippen LogP contribution in [0.2, 0.25) is 0 Å². The fourth-order valence-electron chi connectivity index (χ4n) is 2.26. The molecule has 1 aromatic heterocycles. The van der Waals surface area contributed by atoms with E-state index in [1.165, 1.54) is 12.1 Å². The predicted molar refractivity (Wildman–Crippen MR) is 76.6 cm³/mol. The van der Waals surface area contributed by atoms with Gasteiger partial charge in [-0.1, -0.05) is 0 Å². The van der Waals surface area contributed by atoms with Gasteiger partial charge in [0.2, 0.25) is 0 Å². The summed E-state index contributed by atoms with van der Waals surface area (Å²) in [6.07, 6.45) is 3.98. The van der Waals surface area contributed by atoms with E-state index < -0.39 is 11.6 Å². The Labute approximate surface area is 121 Å². The number of nitrogens with one attached hydrogen (secondary N) is 1. The van der Waals surface area contributed by atoms with Gasteiger partial charge in [0.1, 0.15) is 0 Å². The van der Waals surface area contributed by atoms with E-state index in [0.717, 1.165) is 25.0 Å². The quantitative estimate of drug-likeness (QED) is 0.939. The molecule has 1 aromatic carbocycles. The zero-order chi connectivity index (χ0) is 15.0. The van der Waals surface area contributed by atoms with Crippen LogP contribution in [0, 0.1) is 18.6 Å². The van der Waals surface area contributed by atoms with Gasteiger partial charge >= 0.3 is 0 Å². The van der Waals surface area contributed by atoms with Gasteiger partial charge < -0.3 is 9.88 Å². The van der Waals surface area contributed by atoms with Crippen molar-refractivity contribution in [2.24, 2.45) is 0 Å². The molecule has 0 unspecified atom stereocenters. The molecule has 0 saturated heterocycles. The summed E-state index contributed by atoms with van der Waals surface area (Å²) >= 11 is 0. The zero-order valence-electron chi connectivity index (χ0n) is 11.7. The van der Waals surface area contributed by atoms with E-state index >= 15 is 0 Å². The fraction of sp³-hybridized carbons (Fsp3) is 0.312. The Morgan fingerprint density at radius 3 is 2.67 bits per heavy atom. The molecule has 1 saturated carbocycles. The summed E-state index contributed by atoms with van der Waals surface area (Å²) in [5, 5.41) is 3.28. The van der Waals surface area contributed by atoms with Crippen molar-refractivity contribution in [2.75, 3.05) is 0 Å². The number of nitrogens with zero attached hydrogens (tertiary/aromatic N) is 1. The Morgan fingerprint density at radius 1 is 1.24 bits per heavy atom. The van der Waals surface area contributed by atoms with Crippen LogP contribution in [0.4, 0.5) is 8.78 Å². The molecule has 0 amide bonds. The molecule has 0 spiro atoms. The molecule has 0 radical (unpaired) electrons. The van der Waals surface area contributed by atoms with Gasteiger partial charge in [0, 0.05) is 47.9 Å². The number of aromatic nitrogens is 1. The number of hydrogen-bond donors (Lipinski definition) is 1. The van der Waals surface area contributed by atoms with Crippen LogP contribution in [0.1, 0.15) is 24.1 Å². The second-order valence-electron chi connectivity index (χ2n) is 5.43. The highest BCUT2D eigenvalue weighted by atomic mass is 19.2. The van der Waals surface area contributed by atoms with Crippen molar-refractivity contribution in [1.29, 1.82) is 0 Å². The van der Waals surface area contributed by atoms with E-state index in [4.69, 9.17) is 0 Å². The summed E-state index contributed by atoms with van der Waals surface area (Å²) in [5.74, 6) is -1.78. The molecular weight excluding hydrogens is 274 g/mol. The lowest BCUT2D eigenvalue weighted by atomic mass is 10.2. The molecule has 1 heterocycles. The normalized spacial score (nSPS) is 14.4. The van der Waals surface area contributed by atoms with E-state index in [-0.39, 0.29) is 5.43 Å². The number of aryl methyl sites for hydroxylation is 1. The summed E-state index contributed by atoms with van der Waals surface area (Å²) in [7, 11) is 0. The molecule has 2 aromatic rings. The van der Waals surface area contributed by atoms with Crippen molar-refractivity contribution in [1.82, 2.24) is 9.88 Å². The molecule has 1 fully saturated rings. The van der Waals surface area contributed by atoms with Crippen molar-refractivity contribution in [3.8, 4) is 5.69 Å². The number of rotatable bonds is 4. The van der Waals surface area contributed by atoms with Crippen LogP contribution in [0.5, 0.6) is 0 Å². The molecule has 3 rings (SSSR count). The summed E-state index contributed by atoms with van der Waals surface area (Å²) in [6.45, 7) is 2.26. The van der Waals surface area contributed by atoms with Crippen LogP contribution in [-0.4, -0.2) is 10.6 Å². The van der Waals surface area contributed by atoms with Gasteiger partial charge in [0.25, 0.3) is 0 Å². The molecule has 21 heavy (non-hydrogen) atoms. The molecule has 1 N–H and O–H groups in total. The first-order valence-electron chi connectivity index (χ1n) is 6.95. The molecule has 1 aliphatic rings. The number of pyridine rings is 1. The number of benzene rings is 1. The average molecular weight is 290 g/mol. The van der Waals surface area contributed by atoms with E-state index in [1.807, 2.05) is 0 Å². The predicted octanol–water partition coefficient (Wildman–Crippen LogP) is 2.68. The zero-order valence-corrected chi connectivity index (χ0v) is 11.7. The maximum Gasteiger partial charge on any atom is 0.186 e. The van der Waals surface area contributed by atoms with Gasteiger partial charge in [0.15, 0.2) is 17.1 Å². The molecule has 0 atom stereocenters. The first kappa shape index (κ1) is 13.9. The molecule has 1 aliphatic carbocycles. The first-order valence-corrected chi connectivity index (χ1v) is 6.95. The van der Waals surface area contributed by atoms with Crippen LogP contribution in [-0.2, 0) is 6.54 Å². The summed E-state index contributed by atoms with van der Waals surface area (Å²) in [4.78, 5) is 12.0. The molecule has 5 heteroatoms. The molecular formula is C16H16F2N2O. The van der Waals surface area contributed by atoms with Crippen molar-refractivity contribution >= 4 is 0 Å². The highest BCUT2D eigenvalue weighted by Crippen LogP contribution is 2.19. The Morgan fingerprint density at radius 2 is 2.00 bits per heavy atom. The van der Waals surface area contributed by atoms with Gasteiger partial charge in [-0.2, -0.15) is 0 Å². The Balaban J connectivity index is 1.97. The lowest BCUT2D eigenvalue weighted by Crippen LogP contribution is -2.22. The average Bonchev–Trinajstić information content (AvgIpc) is 3.25. The third-order valence-corrected chi connectivity index (χ3v) is 3.66. The minimum absolute atomic E-state index is 0.0421. The largest absolute Gasteiger partial charge is 0.320 e. The maximum atomic E-state index is 13.4. The van der Waals surface area contributed by atoms with Crippen molar-refractivity contribution < 1.29 is 8.78 Å². The Bertz CT molecular complexity index is 736. The summed E-state index contributed by atoms with van der Waals surface area (Å²) in [6, 6.07) is 5.73. The van der Waals surface area contributed by atoms with Crippen LogP contribution in [0.25, 0.3) is 5.69 Å². The first-order chi connectivity index (χ1) is 10.0. The van der Waals surface area contributed by atoms with E-state index in [0.29, 0.717) is 29.5 Å². The van der Waals surface area contributed by atoms with Gasteiger partial charge in [-0.15, -0.1) is 0 Å². The van der Waals surface area contributed by atoms with Gasteiger partial charge in [0.05, 0.1) is 0 Å². The Kier molecular flexibility index (Phi) is 3.59. The van der Waals surface area contributed by atoms with Crippen LogP contribution < -0.4 is 10.7 Å². The van der Waals surface area contributed by atoms with E-state index in [2.05, 4.69) is 5.32 Å². The smallest absolute Gasteiger partial charge is 0.186 e. The maximum absolute atomic E-state index is 13.4. The van der Waals surface area contributed by atoms with Crippen molar-refractivity contribution in [2.45, 2.75) is 32.4 Å². The van der Waals surface area contributed by atoms with Gasteiger partial charge in [-0.05, 0) is 31.9 Å². The van der Waals surface area contributed by atoms with Gasteiger partial charge in [-0.25, -0.2) is 8.78 Å². The highest BCUT2D eigenvalue weighted by Gasteiger charge is 2.20. The van der Waals surface area contributed by atoms with Crippen LogP contribution in [0.15, 0.2) is 35.3 Å². The fourth-order valence-corrected chi connectivity index (χ4v) is 2.26. The number of hydrogen-bond acceptors (Lipinski definition) is 2. The monoisotopic (exact) mass is 290 g/mol. The second kappa shape index (κ2) is 5.41. The third kappa shape index (κ3) is 3.03. The van der Waals surface area contributed by atoms with E-state index in [1.54, 1.807) is 17.7 Å². The third-order valence-electron chi connectivity index (χ3n) is 3.66. The second-order valence-corrected chi connectivity index (χ2v) is 5.43. The SMILES string of the molecule is Cc1cc(=O)c(CNC2CC2)cn1-c1ccc(F)c(F)c1.